The summed E-state index contributed by atoms with van der Waals surface area (Å²) >= 11 is 0. The maximum atomic E-state index is 4.94. The summed E-state index contributed by atoms with van der Waals surface area (Å²) in [5.41, 5.74) is 0. The van der Waals surface area contributed by atoms with E-state index < -0.39 is 0 Å². The molecule has 1 aliphatic heterocycles. The molecule has 1 heterocycles. The molecule has 0 aromatic carbocycles. The predicted molar refractivity (Wildman–Crippen MR) is 26.4 cm³/mol. The molecule has 0 atom stereocenters. The van der Waals surface area contributed by atoms with E-state index in [1.165, 1.54) is 0 Å². The molecule has 0 amide bonds. The molecule has 1 fully saturated rings. The predicted octanol–water partition coefficient (Wildman–Crippen LogP) is -3.67. The van der Waals surface area contributed by atoms with Gasteiger partial charge >= 0.3 is 29.6 Å². The van der Waals surface area contributed by atoms with Crippen LogP contribution in [-0.4, -0.2) is 31.9 Å². The summed E-state index contributed by atoms with van der Waals surface area (Å²) in [6, 6.07) is 0. The average molecular weight is 130 g/mol. The Balaban J connectivity index is -0.000000120. The molecule has 0 spiro atoms. The molecule has 3 nitrogen and oxygen atoms in total. The van der Waals surface area contributed by atoms with E-state index in [9.17, 15) is 0 Å². The topological polar surface area (TPSA) is 50.0 Å². The van der Waals surface area contributed by atoms with Crippen molar-refractivity contribution in [2.45, 2.75) is 0 Å². The molecule has 0 bridgehead atoms. The van der Waals surface area contributed by atoms with E-state index in [2.05, 4.69) is 0 Å². The summed E-state index contributed by atoms with van der Waals surface area (Å²) in [6.45, 7) is 3.11. The molecular weight excluding hydrogens is 119 g/mol. The van der Waals surface area contributed by atoms with E-state index in [-0.39, 0.29) is 36.5 Å². The van der Waals surface area contributed by atoms with Gasteiger partial charge in [-0.2, -0.15) is 0 Å². The molecule has 4 heteroatoms. The molecule has 0 aromatic heterocycles. The first-order chi connectivity index (χ1) is 3.00. The van der Waals surface area contributed by atoms with Crippen LogP contribution in [0.2, 0.25) is 0 Å². The molecule has 0 saturated carbocycles. The van der Waals surface area contributed by atoms with E-state index in [4.69, 9.17) is 9.47 Å². The summed E-state index contributed by atoms with van der Waals surface area (Å²) < 4.78 is 9.89. The van der Waals surface area contributed by atoms with Crippen LogP contribution in [0.15, 0.2) is 0 Å². The first-order valence-corrected chi connectivity index (χ1v) is 2.15. The summed E-state index contributed by atoms with van der Waals surface area (Å²) in [4.78, 5) is 0. The van der Waals surface area contributed by atoms with Crippen molar-refractivity contribution in [3.63, 3.8) is 0 Å². The van der Waals surface area contributed by atoms with E-state index in [0.717, 1.165) is 26.4 Å². The van der Waals surface area contributed by atoms with Gasteiger partial charge < -0.3 is 16.4 Å². The maximum Gasteiger partial charge on any atom is 1.00 e. The summed E-state index contributed by atoms with van der Waals surface area (Å²) in [6.07, 6.45) is 0. The minimum atomic E-state index is 0. The van der Waals surface area contributed by atoms with Crippen molar-refractivity contribution in [1.29, 1.82) is 0 Å². The minimum absolute atomic E-state index is 0. The summed E-state index contributed by atoms with van der Waals surface area (Å²) in [5, 5.41) is 0. The molecule has 2 N–H and O–H groups in total. The van der Waals surface area contributed by atoms with Crippen molar-refractivity contribution in [2.24, 2.45) is 0 Å². The standard InChI is InChI=1S/C4H8O2.Na.H2O.H/c1-2-6-4-3-5-1;;;/h1-4H2;;1H2;/q;+1;;-1. The SMILES string of the molecule is C1COCCO1.O.[H-].[Na+]. The Morgan fingerprint density at radius 1 is 0.875 bits per heavy atom. The minimum Gasteiger partial charge on any atom is -1.00 e. The number of hydrogen-bond acceptors (Lipinski definition) is 2. The van der Waals surface area contributed by atoms with Gasteiger partial charge in [-0.1, -0.05) is 0 Å². The Bertz CT molecular complexity index is 31.3. The Labute approximate surface area is 72.4 Å². The maximum absolute atomic E-state index is 4.94. The third-order valence-corrected chi connectivity index (χ3v) is 0.744. The second kappa shape index (κ2) is 7.88. The van der Waals surface area contributed by atoms with Crippen LogP contribution < -0.4 is 29.6 Å². The molecule has 0 aliphatic carbocycles. The quantitative estimate of drug-likeness (QED) is 0.317. The normalized spacial score (nSPS) is 18.0. The van der Waals surface area contributed by atoms with E-state index >= 15 is 0 Å². The number of hydrogen-bond donors (Lipinski definition) is 0. The van der Waals surface area contributed by atoms with Gasteiger partial charge in [0.25, 0.3) is 0 Å². The third-order valence-electron chi connectivity index (χ3n) is 0.744. The number of rotatable bonds is 0. The zero-order chi connectivity index (χ0) is 4.24. The third kappa shape index (κ3) is 5.03. The largest absolute Gasteiger partial charge is 1.00 e. The van der Waals surface area contributed by atoms with Crippen molar-refractivity contribution in [1.82, 2.24) is 0 Å². The molecule has 8 heavy (non-hydrogen) atoms. The molecule has 1 saturated heterocycles. The van der Waals surface area contributed by atoms with Gasteiger partial charge in [0.15, 0.2) is 0 Å². The Hall–Kier alpha value is 0.880. The van der Waals surface area contributed by atoms with Gasteiger partial charge in [0.05, 0.1) is 26.4 Å². The van der Waals surface area contributed by atoms with Crippen molar-refractivity contribution in [3.05, 3.63) is 0 Å². The van der Waals surface area contributed by atoms with Gasteiger partial charge in [0, 0.05) is 0 Å². The van der Waals surface area contributed by atoms with Gasteiger partial charge in [-0.05, 0) is 0 Å². The van der Waals surface area contributed by atoms with Crippen LogP contribution in [0.25, 0.3) is 0 Å². The molecule has 0 unspecified atom stereocenters. The Morgan fingerprint density at radius 2 is 1.12 bits per heavy atom. The smallest absolute Gasteiger partial charge is 1.00 e. The second-order valence-corrected chi connectivity index (χ2v) is 1.22. The first-order valence-electron chi connectivity index (χ1n) is 2.15. The van der Waals surface area contributed by atoms with E-state index in [1.54, 1.807) is 0 Å². The fraction of sp³-hybridized carbons (Fsp3) is 1.00. The van der Waals surface area contributed by atoms with Gasteiger partial charge in [0.2, 0.25) is 0 Å². The molecule has 0 aromatic rings. The van der Waals surface area contributed by atoms with Crippen LogP contribution in [0.4, 0.5) is 0 Å². The molecule has 0 radical (unpaired) electrons. The molecule has 1 aliphatic rings. The van der Waals surface area contributed by atoms with Crippen molar-refractivity contribution in [3.8, 4) is 0 Å². The summed E-state index contributed by atoms with van der Waals surface area (Å²) in [5.74, 6) is 0. The first kappa shape index (κ1) is 11.6. The van der Waals surface area contributed by atoms with E-state index in [1.807, 2.05) is 0 Å². The zero-order valence-electron chi connectivity index (χ0n) is 6.14. The molecular formula is C4H11NaO3. The van der Waals surface area contributed by atoms with Crippen LogP contribution in [0.5, 0.6) is 0 Å². The summed E-state index contributed by atoms with van der Waals surface area (Å²) in [7, 11) is 0. The van der Waals surface area contributed by atoms with Crippen LogP contribution >= 0.6 is 0 Å². The van der Waals surface area contributed by atoms with Gasteiger partial charge in [-0.3, -0.25) is 0 Å². The van der Waals surface area contributed by atoms with E-state index in [0.29, 0.717) is 0 Å². The Morgan fingerprint density at radius 3 is 1.25 bits per heavy atom. The monoisotopic (exact) mass is 130 g/mol. The fourth-order valence-electron chi connectivity index (χ4n) is 0.440. The van der Waals surface area contributed by atoms with Crippen molar-refractivity contribution < 1.29 is 45.9 Å². The molecule has 46 valence electrons. The van der Waals surface area contributed by atoms with Gasteiger partial charge in [-0.25, -0.2) is 0 Å². The van der Waals surface area contributed by atoms with Crippen molar-refractivity contribution >= 4 is 0 Å². The van der Waals surface area contributed by atoms with Gasteiger partial charge in [-0.15, -0.1) is 0 Å². The van der Waals surface area contributed by atoms with Gasteiger partial charge in [0.1, 0.15) is 0 Å². The number of ether oxygens (including phenoxy) is 2. The van der Waals surface area contributed by atoms with Crippen LogP contribution in [0, 0.1) is 0 Å². The second-order valence-electron chi connectivity index (χ2n) is 1.22. The average Bonchev–Trinajstić information content (AvgIpc) is 1.72. The van der Waals surface area contributed by atoms with Crippen LogP contribution in [0.3, 0.4) is 0 Å². The van der Waals surface area contributed by atoms with Crippen LogP contribution in [0.1, 0.15) is 1.43 Å². The Kier molecular flexibility index (Phi) is 11.5. The fourth-order valence-corrected chi connectivity index (χ4v) is 0.440. The zero-order valence-corrected chi connectivity index (χ0v) is 7.14. The van der Waals surface area contributed by atoms with Crippen LogP contribution in [-0.2, 0) is 9.47 Å². The van der Waals surface area contributed by atoms with Crippen molar-refractivity contribution in [2.75, 3.05) is 26.4 Å². The molecule has 1 rings (SSSR count).